The first-order valence-electron chi connectivity index (χ1n) is 6.69. The molecule has 0 heterocycles. The molecule has 1 nitrogen and oxygen atoms in total. The molecule has 0 aliphatic rings. The van der Waals surface area contributed by atoms with Crippen LogP contribution in [0.3, 0.4) is 0 Å². The molecule has 0 radical (unpaired) electrons. The Hall–Kier alpha value is -1.76. The summed E-state index contributed by atoms with van der Waals surface area (Å²) in [4.78, 5) is 2.47. The van der Waals surface area contributed by atoms with Crippen molar-refractivity contribution in [2.45, 2.75) is 26.3 Å². The summed E-state index contributed by atoms with van der Waals surface area (Å²) in [6.45, 7) is 5.59. The molecule has 0 saturated heterocycles. The minimum absolute atomic E-state index is 0.411. The number of rotatable bonds is 5. The van der Waals surface area contributed by atoms with E-state index in [2.05, 4.69) is 79.4 Å². The van der Waals surface area contributed by atoms with Crippen molar-refractivity contribution in [3.05, 3.63) is 66.2 Å². The first-order valence-corrected chi connectivity index (χ1v) is 6.69. The van der Waals surface area contributed by atoms with E-state index in [1.54, 1.807) is 0 Å². The van der Waals surface area contributed by atoms with Crippen LogP contribution < -0.4 is 4.90 Å². The molecule has 0 aliphatic heterocycles. The quantitative estimate of drug-likeness (QED) is 0.733. The average Bonchev–Trinajstić information content (AvgIpc) is 2.46. The first-order chi connectivity index (χ1) is 8.83. The van der Waals surface area contributed by atoms with Crippen LogP contribution >= 0.6 is 0 Å². The molecule has 0 spiro atoms. The van der Waals surface area contributed by atoms with Gasteiger partial charge in [0.15, 0.2) is 0 Å². The van der Waals surface area contributed by atoms with Crippen molar-refractivity contribution in [3.8, 4) is 0 Å². The molecule has 1 atom stereocenters. The molecule has 0 bridgehead atoms. The Kier molecular flexibility index (Phi) is 4.40. The second kappa shape index (κ2) is 6.25. The molecule has 0 unspecified atom stereocenters. The SMILES string of the molecule is CCCN(c1ccccc1)[C@H](C)c1ccccc1. The highest BCUT2D eigenvalue weighted by Gasteiger charge is 2.14. The van der Waals surface area contributed by atoms with Gasteiger partial charge in [-0.1, -0.05) is 55.5 Å². The number of para-hydroxylation sites is 1. The Morgan fingerprint density at radius 2 is 1.44 bits per heavy atom. The summed E-state index contributed by atoms with van der Waals surface area (Å²) in [6.07, 6.45) is 1.16. The standard InChI is InChI=1S/C17H21N/c1-3-14-18(17-12-8-5-9-13-17)15(2)16-10-6-4-7-11-16/h4-13,15H,3,14H2,1-2H3/t15-/m1/s1. The fourth-order valence-electron chi connectivity index (χ4n) is 2.32. The van der Waals surface area contributed by atoms with Crippen LogP contribution in [-0.2, 0) is 0 Å². The van der Waals surface area contributed by atoms with Gasteiger partial charge in [0.05, 0.1) is 6.04 Å². The van der Waals surface area contributed by atoms with E-state index in [-0.39, 0.29) is 0 Å². The largest absolute Gasteiger partial charge is 0.365 e. The van der Waals surface area contributed by atoms with Crippen molar-refractivity contribution in [2.75, 3.05) is 11.4 Å². The summed E-state index contributed by atoms with van der Waals surface area (Å²) in [6, 6.07) is 21.8. The van der Waals surface area contributed by atoms with E-state index < -0.39 is 0 Å². The molecular formula is C17H21N. The molecule has 2 aromatic rings. The third kappa shape index (κ3) is 2.92. The van der Waals surface area contributed by atoms with Crippen molar-refractivity contribution < 1.29 is 0 Å². The van der Waals surface area contributed by atoms with Crippen LogP contribution in [0.5, 0.6) is 0 Å². The number of hydrogen-bond acceptors (Lipinski definition) is 1. The van der Waals surface area contributed by atoms with Crippen LogP contribution in [0.1, 0.15) is 31.9 Å². The van der Waals surface area contributed by atoms with Gasteiger partial charge >= 0.3 is 0 Å². The smallest absolute Gasteiger partial charge is 0.0514 e. The van der Waals surface area contributed by atoms with Gasteiger partial charge in [0.25, 0.3) is 0 Å². The molecular weight excluding hydrogens is 218 g/mol. The van der Waals surface area contributed by atoms with Gasteiger partial charge in [0.1, 0.15) is 0 Å². The Balaban J connectivity index is 2.26. The summed E-state index contributed by atoms with van der Waals surface area (Å²) in [7, 11) is 0. The predicted molar refractivity (Wildman–Crippen MR) is 78.9 cm³/mol. The van der Waals surface area contributed by atoms with Crippen LogP contribution in [0.25, 0.3) is 0 Å². The van der Waals surface area contributed by atoms with E-state index >= 15 is 0 Å². The lowest BCUT2D eigenvalue weighted by Gasteiger charge is -2.31. The average molecular weight is 239 g/mol. The first kappa shape index (κ1) is 12.7. The monoisotopic (exact) mass is 239 g/mol. The van der Waals surface area contributed by atoms with Gasteiger partial charge in [-0.3, -0.25) is 0 Å². The van der Waals surface area contributed by atoms with Crippen molar-refractivity contribution >= 4 is 5.69 Å². The molecule has 2 rings (SSSR count). The molecule has 0 saturated carbocycles. The lowest BCUT2D eigenvalue weighted by atomic mass is 10.1. The zero-order chi connectivity index (χ0) is 12.8. The van der Waals surface area contributed by atoms with Gasteiger partial charge < -0.3 is 4.90 Å². The lowest BCUT2D eigenvalue weighted by molar-refractivity contribution is 0.659. The van der Waals surface area contributed by atoms with Gasteiger partial charge in [-0.2, -0.15) is 0 Å². The normalized spacial score (nSPS) is 12.1. The van der Waals surface area contributed by atoms with Crippen molar-refractivity contribution in [1.82, 2.24) is 0 Å². The molecule has 0 amide bonds. The molecule has 18 heavy (non-hydrogen) atoms. The van der Waals surface area contributed by atoms with E-state index in [9.17, 15) is 0 Å². The summed E-state index contributed by atoms with van der Waals surface area (Å²) < 4.78 is 0. The highest BCUT2D eigenvalue weighted by molar-refractivity contribution is 5.48. The van der Waals surface area contributed by atoms with Crippen LogP contribution in [0.15, 0.2) is 60.7 Å². The van der Waals surface area contributed by atoms with E-state index in [1.807, 2.05) is 0 Å². The van der Waals surface area contributed by atoms with Crippen LogP contribution in [-0.4, -0.2) is 6.54 Å². The molecule has 2 aromatic carbocycles. The number of benzene rings is 2. The predicted octanol–water partition coefficient (Wildman–Crippen LogP) is 4.66. The third-order valence-electron chi connectivity index (χ3n) is 3.30. The highest BCUT2D eigenvalue weighted by Crippen LogP contribution is 2.26. The van der Waals surface area contributed by atoms with Crippen molar-refractivity contribution in [3.63, 3.8) is 0 Å². The minimum atomic E-state index is 0.411. The Bertz CT molecular complexity index is 450. The van der Waals surface area contributed by atoms with Gasteiger partial charge in [0, 0.05) is 12.2 Å². The Morgan fingerprint density at radius 1 is 0.889 bits per heavy atom. The number of anilines is 1. The summed E-state index contributed by atoms with van der Waals surface area (Å²) >= 11 is 0. The topological polar surface area (TPSA) is 3.24 Å². The van der Waals surface area contributed by atoms with E-state index in [1.165, 1.54) is 11.3 Å². The number of nitrogens with zero attached hydrogens (tertiary/aromatic N) is 1. The van der Waals surface area contributed by atoms with Gasteiger partial charge in [-0.15, -0.1) is 0 Å². The molecule has 0 fully saturated rings. The second-order valence-corrected chi connectivity index (χ2v) is 4.62. The van der Waals surface area contributed by atoms with Crippen LogP contribution in [0.4, 0.5) is 5.69 Å². The van der Waals surface area contributed by atoms with Gasteiger partial charge in [0.2, 0.25) is 0 Å². The molecule has 0 aromatic heterocycles. The molecule has 94 valence electrons. The molecule has 0 N–H and O–H groups in total. The summed E-state index contributed by atoms with van der Waals surface area (Å²) in [5.74, 6) is 0. The number of hydrogen-bond donors (Lipinski definition) is 0. The van der Waals surface area contributed by atoms with E-state index in [4.69, 9.17) is 0 Å². The fourth-order valence-corrected chi connectivity index (χ4v) is 2.32. The van der Waals surface area contributed by atoms with E-state index in [0.29, 0.717) is 6.04 Å². The van der Waals surface area contributed by atoms with Crippen molar-refractivity contribution in [2.24, 2.45) is 0 Å². The second-order valence-electron chi connectivity index (χ2n) is 4.62. The fraction of sp³-hybridized carbons (Fsp3) is 0.294. The maximum absolute atomic E-state index is 2.47. The highest BCUT2D eigenvalue weighted by atomic mass is 15.2. The lowest BCUT2D eigenvalue weighted by Crippen LogP contribution is -2.27. The van der Waals surface area contributed by atoms with Crippen LogP contribution in [0.2, 0.25) is 0 Å². The van der Waals surface area contributed by atoms with Crippen LogP contribution in [0, 0.1) is 0 Å². The van der Waals surface area contributed by atoms with Crippen molar-refractivity contribution in [1.29, 1.82) is 0 Å². The summed E-state index contributed by atoms with van der Waals surface area (Å²) in [5, 5.41) is 0. The van der Waals surface area contributed by atoms with Gasteiger partial charge in [-0.05, 0) is 31.0 Å². The maximum atomic E-state index is 2.47. The molecule has 0 aliphatic carbocycles. The summed E-state index contributed by atoms with van der Waals surface area (Å²) in [5.41, 5.74) is 2.67. The molecule has 1 heteroatoms. The van der Waals surface area contributed by atoms with E-state index in [0.717, 1.165) is 13.0 Å². The van der Waals surface area contributed by atoms with Gasteiger partial charge in [-0.25, -0.2) is 0 Å². The third-order valence-corrected chi connectivity index (χ3v) is 3.30. The maximum Gasteiger partial charge on any atom is 0.0514 e. The minimum Gasteiger partial charge on any atom is -0.365 e. The Morgan fingerprint density at radius 3 is 2.00 bits per heavy atom. The zero-order valence-corrected chi connectivity index (χ0v) is 11.2. The zero-order valence-electron chi connectivity index (χ0n) is 11.2. The Labute approximate surface area is 110 Å².